The van der Waals surface area contributed by atoms with Crippen LogP contribution in [0.3, 0.4) is 0 Å². The van der Waals surface area contributed by atoms with Crippen LogP contribution < -0.4 is 14.8 Å². The lowest BCUT2D eigenvalue weighted by Crippen LogP contribution is -2.13. The van der Waals surface area contributed by atoms with E-state index >= 15 is 0 Å². The minimum atomic E-state index is -1.11. The summed E-state index contributed by atoms with van der Waals surface area (Å²) in [6, 6.07) is 15.3. The van der Waals surface area contributed by atoms with Gasteiger partial charge in [-0.05, 0) is 35.9 Å². The number of nitrogens with zero attached hydrogens (tertiary/aromatic N) is 1. The van der Waals surface area contributed by atoms with E-state index in [1.807, 2.05) is 12.1 Å². The number of benzene rings is 2. The fourth-order valence-corrected chi connectivity index (χ4v) is 2.07. The summed E-state index contributed by atoms with van der Waals surface area (Å²) >= 11 is 0. The van der Waals surface area contributed by atoms with E-state index in [0.29, 0.717) is 17.0 Å². The predicted molar refractivity (Wildman–Crippen MR) is 94.8 cm³/mol. The second-order valence-electron chi connectivity index (χ2n) is 5.08. The highest BCUT2D eigenvalue weighted by molar-refractivity contribution is 6.09. The van der Waals surface area contributed by atoms with Gasteiger partial charge in [-0.2, -0.15) is 5.26 Å². The summed E-state index contributed by atoms with van der Waals surface area (Å²) in [6.07, 6.45) is 1.40. The van der Waals surface area contributed by atoms with Crippen LogP contribution in [0.4, 0.5) is 5.69 Å². The first-order valence-electron chi connectivity index (χ1n) is 7.54. The fourth-order valence-electron chi connectivity index (χ4n) is 2.07. The number of carboxylic acids is 1. The van der Waals surface area contributed by atoms with Gasteiger partial charge in [0.25, 0.3) is 5.91 Å². The first-order valence-corrected chi connectivity index (χ1v) is 7.54. The molecule has 0 radical (unpaired) electrons. The number of anilines is 1. The molecular formula is C19H16N2O5. The first kappa shape index (κ1) is 18.5. The number of carbonyl (C=O) groups is 2. The van der Waals surface area contributed by atoms with Crippen molar-refractivity contribution >= 4 is 23.6 Å². The third-order valence-electron chi connectivity index (χ3n) is 3.25. The summed E-state index contributed by atoms with van der Waals surface area (Å²) in [5.74, 6) is -1.11. The van der Waals surface area contributed by atoms with E-state index in [1.165, 1.54) is 19.3 Å². The molecule has 0 fully saturated rings. The molecule has 2 aromatic carbocycles. The van der Waals surface area contributed by atoms with Crippen molar-refractivity contribution < 1.29 is 24.2 Å². The van der Waals surface area contributed by atoms with Crippen LogP contribution in [-0.2, 0) is 9.59 Å². The second kappa shape index (κ2) is 8.89. The van der Waals surface area contributed by atoms with E-state index in [9.17, 15) is 14.9 Å². The molecule has 0 bridgehead atoms. The molecule has 7 nitrogen and oxygen atoms in total. The molecule has 0 saturated carbocycles. The summed E-state index contributed by atoms with van der Waals surface area (Å²) < 4.78 is 10.3. The number of carbonyl (C=O) groups excluding carboxylic acids is 1. The lowest BCUT2D eigenvalue weighted by molar-refractivity contribution is -0.139. The molecule has 0 aliphatic heterocycles. The summed E-state index contributed by atoms with van der Waals surface area (Å²) in [7, 11) is 1.41. The number of rotatable bonds is 7. The van der Waals surface area contributed by atoms with Crippen LogP contribution in [0.1, 0.15) is 5.56 Å². The lowest BCUT2D eigenvalue weighted by Gasteiger charge is -2.10. The number of ether oxygens (including phenoxy) is 2. The molecule has 7 heteroatoms. The molecule has 0 aliphatic carbocycles. The lowest BCUT2D eigenvalue weighted by atomic mass is 10.1. The van der Waals surface area contributed by atoms with Crippen molar-refractivity contribution in [2.24, 2.45) is 0 Å². The molecule has 0 saturated heterocycles. The zero-order chi connectivity index (χ0) is 18.9. The normalized spacial score (nSPS) is 10.5. The van der Waals surface area contributed by atoms with Crippen LogP contribution in [0, 0.1) is 11.3 Å². The Balaban J connectivity index is 2.21. The summed E-state index contributed by atoms with van der Waals surface area (Å²) in [4.78, 5) is 22.8. The highest BCUT2D eigenvalue weighted by Gasteiger charge is 2.11. The van der Waals surface area contributed by atoms with Crippen LogP contribution in [0.2, 0.25) is 0 Å². The van der Waals surface area contributed by atoms with E-state index in [2.05, 4.69) is 5.32 Å². The van der Waals surface area contributed by atoms with E-state index in [0.717, 1.165) is 0 Å². The Kier molecular flexibility index (Phi) is 6.34. The summed E-state index contributed by atoms with van der Waals surface area (Å²) in [6.45, 7) is -0.505. The van der Waals surface area contributed by atoms with Gasteiger partial charge in [0.15, 0.2) is 18.1 Å². The smallest absolute Gasteiger partial charge is 0.341 e. The molecule has 0 spiro atoms. The minimum absolute atomic E-state index is 0.0879. The SMILES string of the molecule is COc1cc(/C=C(\C#N)C(=O)Nc2ccccc2)ccc1OCC(=O)O. The third kappa shape index (κ3) is 5.11. The maximum atomic E-state index is 12.2. The van der Waals surface area contributed by atoms with E-state index in [4.69, 9.17) is 14.6 Å². The predicted octanol–water partition coefficient (Wildman–Crippen LogP) is 2.70. The number of amides is 1. The van der Waals surface area contributed by atoms with E-state index in [-0.39, 0.29) is 11.3 Å². The number of carboxylic acid groups (broad SMARTS) is 1. The third-order valence-corrected chi connectivity index (χ3v) is 3.25. The van der Waals surface area contributed by atoms with Crippen molar-refractivity contribution in [3.05, 3.63) is 59.7 Å². The number of aliphatic carboxylic acids is 1. The van der Waals surface area contributed by atoms with Gasteiger partial charge >= 0.3 is 5.97 Å². The molecule has 132 valence electrons. The number of nitriles is 1. The molecule has 0 atom stereocenters. The molecule has 26 heavy (non-hydrogen) atoms. The zero-order valence-corrected chi connectivity index (χ0v) is 13.9. The number of methoxy groups -OCH3 is 1. The van der Waals surface area contributed by atoms with Gasteiger partial charge in [-0.15, -0.1) is 0 Å². The molecule has 2 rings (SSSR count). The van der Waals surface area contributed by atoms with Crippen molar-refractivity contribution in [2.45, 2.75) is 0 Å². The monoisotopic (exact) mass is 352 g/mol. The van der Waals surface area contributed by atoms with Crippen molar-refractivity contribution in [1.82, 2.24) is 0 Å². The molecule has 0 heterocycles. The molecular weight excluding hydrogens is 336 g/mol. The first-order chi connectivity index (χ1) is 12.5. The Labute approximate surface area is 150 Å². The number of hydrogen-bond donors (Lipinski definition) is 2. The summed E-state index contributed by atoms with van der Waals surface area (Å²) in [5.41, 5.74) is 1.02. The highest BCUT2D eigenvalue weighted by atomic mass is 16.5. The van der Waals surface area contributed by atoms with Crippen LogP contribution in [0.5, 0.6) is 11.5 Å². The number of hydrogen-bond acceptors (Lipinski definition) is 5. The highest BCUT2D eigenvalue weighted by Crippen LogP contribution is 2.29. The van der Waals surface area contributed by atoms with Gasteiger partial charge in [0, 0.05) is 5.69 Å². The average Bonchev–Trinajstić information content (AvgIpc) is 2.65. The topological polar surface area (TPSA) is 109 Å². The fraction of sp³-hybridized carbons (Fsp3) is 0.105. The quantitative estimate of drug-likeness (QED) is 0.586. The molecule has 0 aliphatic rings. The Bertz CT molecular complexity index is 869. The summed E-state index contributed by atoms with van der Waals surface area (Å²) in [5, 5.41) is 20.6. The van der Waals surface area contributed by atoms with Crippen LogP contribution >= 0.6 is 0 Å². The number of para-hydroxylation sites is 1. The van der Waals surface area contributed by atoms with Crippen molar-refractivity contribution in [3.8, 4) is 17.6 Å². The van der Waals surface area contributed by atoms with Gasteiger partial charge in [0.1, 0.15) is 11.6 Å². The number of nitrogens with one attached hydrogen (secondary N) is 1. The van der Waals surface area contributed by atoms with Crippen LogP contribution in [0.15, 0.2) is 54.1 Å². The van der Waals surface area contributed by atoms with Gasteiger partial charge in [-0.1, -0.05) is 24.3 Å². The Morgan fingerprint density at radius 1 is 1.19 bits per heavy atom. The second-order valence-corrected chi connectivity index (χ2v) is 5.08. The van der Waals surface area contributed by atoms with Crippen LogP contribution in [0.25, 0.3) is 6.08 Å². The van der Waals surface area contributed by atoms with E-state index in [1.54, 1.807) is 36.4 Å². The van der Waals surface area contributed by atoms with Crippen molar-refractivity contribution in [1.29, 1.82) is 5.26 Å². The van der Waals surface area contributed by atoms with Gasteiger partial charge in [0.2, 0.25) is 0 Å². The molecule has 0 unspecified atom stereocenters. The standard InChI is InChI=1S/C19H16N2O5/c1-25-17-10-13(7-8-16(17)26-12-18(22)23)9-14(11-20)19(24)21-15-5-3-2-4-6-15/h2-10H,12H2,1H3,(H,21,24)(H,22,23)/b14-9+. The van der Waals surface area contributed by atoms with Gasteiger partial charge in [-0.25, -0.2) is 4.79 Å². The minimum Gasteiger partial charge on any atom is -0.493 e. The van der Waals surface area contributed by atoms with Crippen LogP contribution in [-0.4, -0.2) is 30.7 Å². The Morgan fingerprint density at radius 3 is 2.54 bits per heavy atom. The van der Waals surface area contributed by atoms with E-state index < -0.39 is 18.5 Å². The van der Waals surface area contributed by atoms with Gasteiger partial charge in [0.05, 0.1) is 7.11 Å². The average molecular weight is 352 g/mol. The van der Waals surface area contributed by atoms with Gasteiger partial charge in [-0.3, -0.25) is 4.79 Å². The van der Waals surface area contributed by atoms with Crippen molar-refractivity contribution in [3.63, 3.8) is 0 Å². The Morgan fingerprint density at radius 2 is 1.92 bits per heavy atom. The largest absolute Gasteiger partial charge is 0.493 e. The maximum absolute atomic E-state index is 12.2. The maximum Gasteiger partial charge on any atom is 0.341 e. The molecule has 1 amide bonds. The molecule has 2 N–H and O–H groups in total. The zero-order valence-electron chi connectivity index (χ0n) is 13.9. The molecule has 2 aromatic rings. The van der Waals surface area contributed by atoms with Gasteiger partial charge < -0.3 is 19.9 Å². The Hall–Kier alpha value is -3.79. The molecule has 0 aromatic heterocycles. The van der Waals surface area contributed by atoms with Crippen molar-refractivity contribution in [2.75, 3.05) is 19.0 Å².